The van der Waals surface area contributed by atoms with Crippen molar-refractivity contribution in [2.24, 2.45) is 0 Å². The molecule has 4 rings (SSSR count). The molecule has 0 fully saturated rings. The average Bonchev–Trinajstić information content (AvgIpc) is 3.33. The zero-order valence-electron chi connectivity index (χ0n) is 14.8. The molecule has 8 heteroatoms. The molecule has 0 atom stereocenters. The van der Waals surface area contributed by atoms with Crippen LogP contribution in [0.3, 0.4) is 0 Å². The number of carboxylic acid groups (broad SMARTS) is 1. The predicted octanol–water partition coefficient (Wildman–Crippen LogP) is 2.19. The van der Waals surface area contributed by atoms with Crippen molar-refractivity contribution in [3.05, 3.63) is 59.2 Å². The number of carbonyl (C=O) groups is 2. The summed E-state index contributed by atoms with van der Waals surface area (Å²) in [5.41, 5.74) is 3.15. The van der Waals surface area contributed by atoms with Crippen molar-refractivity contribution >= 4 is 11.9 Å². The first-order chi connectivity index (χ1) is 13.0. The summed E-state index contributed by atoms with van der Waals surface area (Å²) < 4.78 is 1.73. The molecule has 0 radical (unpaired) electrons. The number of hydrogen-bond donors (Lipinski definition) is 2. The van der Waals surface area contributed by atoms with Crippen LogP contribution in [0.15, 0.2) is 36.5 Å². The first-order valence-corrected chi connectivity index (χ1v) is 8.79. The Morgan fingerprint density at radius 3 is 2.89 bits per heavy atom. The molecule has 8 nitrogen and oxygen atoms in total. The highest BCUT2D eigenvalue weighted by Gasteiger charge is 2.26. The van der Waals surface area contributed by atoms with Gasteiger partial charge in [0, 0.05) is 31.3 Å². The molecule has 0 saturated heterocycles. The van der Waals surface area contributed by atoms with Crippen molar-refractivity contribution in [3.63, 3.8) is 0 Å². The number of benzene rings is 1. The van der Waals surface area contributed by atoms with Crippen LogP contribution in [0.5, 0.6) is 0 Å². The van der Waals surface area contributed by atoms with Gasteiger partial charge in [-0.2, -0.15) is 5.10 Å². The fourth-order valence-corrected chi connectivity index (χ4v) is 3.22. The number of aryl methyl sites for hydroxylation is 1. The molecule has 3 heterocycles. The normalized spacial score (nSPS) is 13.4. The summed E-state index contributed by atoms with van der Waals surface area (Å²) in [6.07, 6.45) is 2.44. The minimum atomic E-state index is -0.976. The first kappa shape index (κ1) is 17.0. The van der Waals surface area contributed by atoms with Crippen LogP contribution in [0, 0.1) is 0 Å². The maximum atomic E-state index is 12.7. The summed E-state index contributed by atoms with van der Waals surface area (Å²) in [5.74, 6) is -0.457. The van der Waals surface area contributed by atoms with Gasteiger partial charge in [-0.25, -0.2) is 9.78 Å². The lowest BCUT2D eigenvalue weighted by atomic mass is 10.1. The number of hydrogen-bond acceptors (Lipinski definition) is 4. The van der Waals surface area contributed by atoms with E-state index in [-0.39, 0.29) is 11.5 Å². The molecule has 27 heavy (non-hydrogen) atoms. The number of carbonyl (C=O) groups excluding carboxylic acids is 1. The van der Waals surface area contributed by atoms with E-state index in [1.165, 1.54) is 0 Å². The van der Waals surface area contributed by atoms with Crippen molar-refractivity contribution in [1.82, 2.24) is 24.6 Å². The highest BCUT2D eigenvalue weighted by molar-refractivity contribution is 5.92. The zero-order chi connectivity index (χ0) is 19.0. The molecule has 0 bridgehead atoms. The van der Waals surface area contributed by atoms with Crippen LogP contribution in [-0.4, -0.2) is 48.2 Å². The van der Waals surface area contributed by atoms with Crippen LogP contribution in [0.25, 0.3) is 11.4 Å². The van der Waals surface area contributed by atoms with E-state index in [0.29, 0.717) is 36.6 Å². The number of carboxylic acids is 1. The molecular weight excluding hydrogens is 346 g/mol. The van der Waals surface area contributed by atoms with E-state index >= 15 is 0 Å². The van der Waals surface area contributed by atoms with Crippen molar-refractivity contribution in [3.8, 4) is 11.4 Å². The van der Waals surface area contributed by atoms with E-state index in [4.69, 9.17) is 5.11 Å². The number of amides is 1. The molecule has 2 N–H and O–H groups in total. The number of nitrogens with one attached hydrogen (secondary N) is 1. The minimum absolute atomic E-state index is 0.100. The monoisotopic (exact) mass is 365 g/mol. The molecule has 3 aromatic rings. The van der Waals surface area contributed by atoms with Gasteiger partial charge in [0.05, 0.1) is 23.5 Å². The third-order valence-corrected chi connectivity index (χ3v) is 4.69. The standard InChI is InChI=1S/C19H19N5O3/c1-2-24-9-7-15(22-24)18(25)23-8-6-14-16(11-23)21-17(20-14)12-4-3-5-13(10-12)19(26)27/h3-5,7,9-10H,2,6,8,11H2,1H3,(H,20,21)(H,26,27). The number of fused-ring (bicyclic) bond motifs is 1. The second kappa shape index (κ2) is 6.71. The van der Waals surface area contributed by atoms with Gasteiger partial charge in [0.1, 0.15) is 11.5 Å². The van der Waals surface area contributed by atoms with Gasteiger partial charge in [0.2, 0.25) is 0 Å². The largest absolute Gasteiger partial charge is 0.478 e. The van der Waals surface area contributed by atoms with Crippen molar-refractivity contribution in [2.45, 2.75) is 26.4 Å². The Morgan fingerprint density at radius 1 is 1.30 bits per heavy atom. The molecule has 138 valence electrons. The Balaban J connectivity index is 1.56. The quantitative estimate of drug-likeness (QED) is 0.737. The Labute approximate surface area is 155 Å². The van der Waals surface area contributed by atoms with Gasteiger partial charge >= 0.3 is 5.97 Å². The highest BCUT2D eigenvalue weighted by atomic mass is 16.4. The van der Waals surface area contributed by atoms with Gasteiger partial charge in [-0.15, -0.1) is 0 Å². The lowest BCUT2D eigenvalue weighted by Crippen LogP contribution is -2.36. The minimum Gasteiger partial charge on any atom is -0.478 e. The summed E-state index contributed by atoms with van der Waals surface area (Å²) in [4.78, 5) is 33.5. The number of H-pyrrole nitrogens is 1. The molecule has 1 aliphatic heterocycles. The van der Waals surface area contributed by atoms with E-state index in [9.17, 15) is 9.59 Å². The van der Waals surface area contributed by atoms with Crippen LogP contribution >= 0.6 is 0 Å². The maximum Gasteiger partial charge on any atom is 0.335 e. The number of aromatic amines is 1. The van der Waals surface area contributed by atoms with Gasteiger partial charge in [-0.3, -0.25) is 9.48 Å². The summed E-state index contributed by atoms with van der Waals surface area (Å²) >= 11 is 0. The van der Waals surface area contributed by atoms with Crippen LogP contribution in [0.1, 0.15) is 39.2 Å². The van der Waals surface area contributed by atoms with Crippen LogP contribution in [0.2, 0.25) is 0 Å². The fraction of sp³-hybridized carbons (Fsp3) is 0.263. The summed E-state index contributed by atoms with van der Waals surface area (Å²) in [7, 11) is 0. The molecule has 0 aliphatic carbocycles. The highest BCUT2D eigenvalue weighted by Crippen LogP contribution is 2.24. The number of aromatic carboxylic acids is 1. The van der Waals surface area contributed by atoms with Crippen molar-refractivity contribution in [2.75, 3.05) is 6.54 Å². The smallest absolute Gasteiger partial charge is 0.335 e. The van der Waals surface area contributed by atoms with Crippen LogP contribution < -0.4 is 0 Å². The summed E-state index contributed by atoms with van der Waals surface area (Å²) in [6.45, 7) is 3.69. The number of imidazole rings is 1. The molecular formula is C19H19N5O3. The Kier molecular flexibility index (Phi) is 4.23. The lowest BCUT2D eigenvalue weighted by molar-refractivity contribution is 0.0694. The fourth-order valence-electron chi connectivity index (χ4n) is 3.22. The van der Waals surface area contributed by atoms with Crippen molar-refractivity contribution < 1.29 is 14.7 Å². The maximum absolute atomic E-state index is 12.7. The van der Waals surface area contributed by atoms with Crippen LogP contribution in [0.4, 0.5) is 0 Å². The van der Waals surface area contributed by atoms with E-state index < -0.39 is 5.97 Å². The SMILES string of the molecule is CCn1ccc(C(=O)N2CCc3nc(-c4cccc(C(=O)O)c4)[nH]c3C2)n1. The van der Waals surface area contributed by atoms with E-state index in [1.54, 1.807) is 40.0 Å². The van der Waals surface area contributed by atoms with E-state index in [1.807, 2.05) is 13.0 Å². The van der Waals surface area contributed by atoms with Gasteiger partial charge in [0.15, 0.2) is 0 Å². The molecule has 0 spiro atoms. The third kappa shape index (κ3) is 3.21. The Bertz CT molecular complexity index is 1020. The molecule has 2 aromatic heterocycles. The molecule has 1 aliphatic rings. The zero-order valence-corrected chi connectivity index (χ0v) is 14.8. The van der Waals surface area contributed by atoms with Crippen molar-refractivity contribution in [1.29, 1.82) is 0 Å². The molecule has 0 unspecified atom stereocenters. The van der Waals surface area contributed by atoms with E-state index in [0.717, 1.165) is 17.9 Å². The van der Waals surface area contributed by atoms with E-state index in [2.05, 4.69) is 15.1 Å². The third-order valence-electron chi connectivity index (χ3n) is 4.69. The second-order valence-electron chi connectivity index (χ2n) is 6.43. The second-order valence-corrected chi connectivity index (χ2v) is 6.43. The van der Waals surface area contributed by atoms with Gasteiger partial charge in [-0.05, 0) is 25.1 Å². The lowest BCUT2D eigenvalue weighted by Gasteiger charge is -2.25. The molecule has 1 aromatic carbocycles. The summed E-state index contributed by atoms with van der Waals surface area (Å²) in [5, 5.41) is 13.4. The predicted molar refractivity (Wildman–Crippen MR) is 97.3 cm³/mol. The van der Waals surface area contributed by atoms with Crippen LogP contribution in [-0.2, 0) is 19.5 Å². The average molecular weight is 365 g/mol. The number of nitrogens with zero attached hydrogens (tertiary/aromatic N) is 4. The Hall–Kier alpha value is -3.42. The van der Waals surface area contributed by atoms with Gasteiger partial charge < -0.3 is 15.0 Å². The summed E-state index contributed by atoms with van der Waals surface area (Å²) in [6, 6.07) is 8.38. The topological polar surface area (TPSA) is 104 Å². The number of aromatic nitrogens is 4. The first-order valence-electron chi connectivity index (χ1n) is 8.79. The Morgan fingerprint density at radius 2 is 2.15 bits per heavy atom. The number of rotatable bonds is 4. The van der Waals surface area contributed by atoms with Gasteiger partial charge in [0.25, 0.3) is 5.91 Å². The molecule has 0 saturated carbocycles. The molecule has 1 amide bonds. The van der Waals surface area contributed by atoms with Gasteiger partial charge in [-0.1, -0.05) is 12.1 Å².